The second kappa shape index (κ2) is 12.4. The van der Waals surface area contributed by atoms with Crippen molar-refractivity contribution in [2.45, 2.75) is 13.8 Å². The van der Waals surface area contributed by atoms with Gasteiger partial charge in [-0.1, -0.05) is 29.3 Å². The summed E-state index contributed by atoms with van der Waals surface area (Å²) in [5.74, 6) is -1.11. The van der Waals surface area contributed by atoms with Gasteiger partial charge in [0.25, 0.3) is 11.8 Å². The normalized spacial score (nSPS) is 10.8. The van der Waals surface area contributed by atoms with Crippen LogP contribution < -0.4 is 20.1 Å². The monoisotopic (exact) mass is 507 g/mol. The van der Waals surface area contributed by atoms with E-state index in [1.165, 1.54) is 36.4 Å². The number of hydrogen-bond acceptors (Lipinski definition) is 5. The molecule has 3 aromatic carbocycles. The van der Waals surface area contributed by atoms with Crippen LogP contribution in [-0.2, 0) is 9.59 Å². The van der Waals surface area contributed by atoms with Crippen LogP contribution >= 0.6 is 11.6 Å². The number of hydrogen-bond donors (Lipinski definition) is 2. The molecule has 0 atom stereocenters. The van der Waals surface area contributed by atoms with Gasteiger partial charge in [0.05, 0.1) is 11.6 Å². The Bertz CT molecular complexity index is 1320. The van der Waals surface area contributed by atoms with Gasteiger partial charge in [-0.05, 0) is 74.0 Å². The SMILES string of the molecule is CCOc1cc(/C=C(/C#N)C(=O)Nc2ccc(C)cc2)cc(Cl)c1OCC(=O)Nc1ccc(F)cc1. The van der Waals surface area contributed by atoms with E-state index in [-0.39, 0.29) is 35.3 Å². The molecule has 9 heteroatoms. The second-order valence-corrected chi connectivity index (χ2v) is 8.00. The van der Waals surface area contributed by atoms with E-state index in [0.29, 0.717) is 16.9 Å². The van der Waals surface area contributed by atoms with Gasteiger partial charge in [-0.15, -0.1) is 0 Å². The molecule has 0 bridgehead atoms. The number of ether oxygens (including phenoxy) is 2. The maximum atomic E-state index is 13.0. The van der Waals surface area contributed by atoms with Crippen molar-refractivity contribution in [1.82, 2.24) is 0 Å². The molecule has 0 saturated carbocycles. The summed E-state index contributed by atoms with van der Waals surface area (Å²) in [6, 6.07) is 17.4. The Morgan fingerprint density at radius 2 is 1.67 bits per heavy atom. The lowest BCUT2D eigenvalue weighted by Gasteiger charge is -2.14. The highest BCUT2D eigenvalue weighted by Gasteiger charge is 2.16. The molecule has 0 fully saturated rings. The standard InChI is InChI=1S/C27H23ClFN3O4/c1-3-35-24-14-18(12-19(15-30)27(34)32-22-8-4-17(2)5-9-22)13-23(28)26(24)36-16-25(33)31-21-10-6-20(29)7-11-21/h4-14H,3,16H2,1-2H3,(H,31,33)(H,32,34)/b19-12-. The van der Waals surface area contributed by atoms with Crippen molar-refractivity contribution in [1.29, 1.82) is 5.26 Å². The zero-order chi connectivity index (χ0) is 26.1. The van der Waals surface area contributed by atoms with E-state index in [1.807, 2.05) is 25.1 Å². The molecule has 0 unspecified atom stereocenters. The first-order chi connectivity index (χ1) is 17.3. The summed E-state index contributed by atoms with van der Waals surface area (Å²) in [5, 5.41) is 14.9. The van der Waals surface area contributed by atoms with Gasteiger partial charge in [0.15, 0.2) is 18.1 Å². The van der Waals surface area contributed by atoms with E-state index < -0.39 is 17.6 Å². The van der Waals surface area contributed by atoms with Crippen LogP contribution in [0.2, 0.25) is 5.02 Å². The number of nitrogens with one attached hydrogen (secondary N) is 2. The summed E-state index contributed by atoms with van der Waals surface area (Å²) in [6.45, 7) is 3.59. The molecule has 2 amide bonds. The van der Waals surface area contributed by atoms with Gasteiger partial charge in [-0.3, -0.25) is 9.59 Å². The highest BCUT2D eigenvalue weighted by molar-refractivity contribution is 6.32. The first-order valence-corrected chi connectivity index (χ1v) is 11.3. The lowest BCUT2D eigenvalue weighted by molar-refractivity contribution is -0.118. The molecule has 3 aromatic rings. The van der Waals surface area contributed by atoms with E-state index in [9.17, 15) is 19.2 Å². The van der Waals surface area contributed by atoms with E-state index in [2.05, 4.69) is 10.6 Å². The zero-order valence-electron chi connectivity index (χ0n) is 19.6. The number of nitriles is 1. The lowest BCUT2D eigenvalue weighted by Crippen LogP contribution is -2.20. The van der Waals surface area contributed by atoms with Crippen molar-refractivity contribution in [3.8, 4) is 17.6 Å². The third-order valence-electron chi connectivity index (χ3n) is 4.79. The summed E-state index contributed by atoms with van der Waals surface area (Å²) in [5.41, 5.74) is 2.30. The van der Waals surface area contributed by atoms with Crippen LogP contribution in [0.25, 0.3) is 6.08 Å². The molecule has 0 aliphatic heterocycles. The fraction of sp³-hybridized carbons (Fsp3) is 0.148. The Balaban J connectivity index is 1.76. The molecule has 36 heavy (non-hydrogen) atoms. The van der Waals surface area contributed by atoms with Crippen molar-refractivity contribution in [2.75, 3.05) is 23.8 Å². The van der Waals surface area contributed by atoms with Crippen molar-refractivity contribution in [3.63, 3.8) is 0 Å². The number of nitrogens with zero attached hydrogens (tertiary/aromatic N) is 1. The van der Waals surface area contributed by atoms with E-state index in [4.69, 9.17) is 21.1 Å². The maximum Gasteiger partial charge on any atom is 0.266 e. The van der Waals surface area contributed by atoms with Crippen molar-refractivity contribution in [3.05, 3.63) is 88.2 Å². The molecule has 3 rings (SSSR count). The Hall–Kier alpha value is -4.35. The minimum atomic E-state index is -0.576. The third kappa shape index (κ3) is 7.32. The molecule has 0 aliphatic rings. The highest BCUT2D eigenvalue weighted by atomic mass is 35.5. The average molecular weight is 508 g/mol. The molecule has 0 saturated heterocycles. The van der Waals surface area contributed by atoms with E-state index in [1.54, 1.807) is 25.1 Å². The predicted molar refractivity (Wildman–Crippen MR) is 137 cm³/mol. The molecule has 0 aromatic heterocycles. The number of carbonyl (C=O) groups is 2. The van der Waals surface area contributed by atoms with Crippen LogP contribution in [0.4, 0.5) is 15.8 Å². The minimum absolute atomic E-state index is 0.123. The summed E-state index contributed by atoms with van der Waals surface area (Å²) >= 11 is 6.39. The van der Waals surface area contributed by atoms with Crippen LogP contribution in [0.3, 0.4) is 0 Å². The van der Waals surface area contributed by atoms with Gasteiger partial charge in [0, 0.05) is 11.4 Å². The molecule has 0 spiro atoms. The van der Waals surface area contributed by atoms with Crippen LogP contribution in [0.1, 0.15) is 18.1 Å². The number of benzene rings is 3. The quantitative estimate of drug-likeness (QED) is 0.284. The Labute approximate surface area is 213 Å². The average Bonchev–Trinajstić information content (AvgIpc) is 2.85. The Morgan fingerprint density at radius 3 is 2.31 bits per heavy atom. The first-order valence-electron chi connectivity index (χ1n) is 10.9. The van der Waals surface area contributed by atoms with Crippen molar-refractivity contribution < 1.29 is 23.5 Å². The number of anilines is 2. The van der Waals surface area contributed by atoms with Gasteiger partial charge in [0.1, 0.15) is 17.5 Å². The second-order valence-electron chi connectivity index (χ2n) is 7.60. The van der Waals surface area contributed by atoms with Crippen LogP contribution in [0.15, 0.2) is 66.2 Å². The molecule has 184 valence electrons. The summed E-state index contributed by atoms with van der Waals surface area (Å²) < 4.78 is 24.2. The topological polar surface area (TPSA) is 100 Å². The summed E-state index contributed by atoms with van der Waals surface area (Å²) in [4.78, 5) is 24.8. The molecule has 7 nitrogen and oxygen atoms in total. The third-order valence-corrected chi connectivity index (χ3v) is 5.07. The smallest absolute Gasteiger partial charge is 0.266 e. The number of aryl methyl sites for hydroxylation is 1. The number of halogens is 2. The summed E-state index contributed by atoms with van der Waals surface area (Å²) in [6.07, 6.45) is 1.38. The van der Waals surface area contributed by atoms with Crippen LogP contribution in [0, 0.1) is 24.1 Å². The van der Waals surface area contributed by atoms with Gasteiger partial charge in [-0.25, -0.2) is 4.39 Å². The predicted octanol–water partition coefficient (Wildman–Crippen LogP) is 5.75. The first kappa shape index (κ1) is 26.3. The van der Waals surface area contributed by atoms with Crippen molar-refractivity contribution >= 4 is 40.9 Å². The largest absolute Gasteiger partial charge is 0.490 e. The zero-order valence-corrected chi connectivity index (χ0v) is 20.4. The highest BCUT2D eigenvalue weighted by Crippen LogP contribution is 2.37. The van der Waals surface area contributed by atoms with Gasteiger partial charge in [-0.2, -0.15) is 5.26 Å². The molecule has 0 heterocycles. The van der Waals surface area contributed by atoms with Gasteiger partial charge in [0.2, 0.25) is 0 Å². The van der Waals surface area contributed by atoms with Gasteiger partial charge < -0.3 is 20.1 Å². The van der Waals surface area contributed by atoms with Gasteiger partial charge >= 0.3 is 0 Å². The van der Waals surface area contributed by atoms with Crippen LogP contribution in [-0.4, -0.2) is 25.0 Å². The summed E-state index contributed by atoms with van der Waals surface area (Å²) in [7, 11) is 0. The maximum absolute atomic E-state index is 13.0. The number of rotatable bonds is 9. The van der Waals surface area contributed by atoms with E-state index >= 15 is 0 Å². The van der Waals surface area contributed by atoms with Crippen molar-refractivity contribution in [2.24, 2.45) is 0 Å². The molecule has 0 aliphatic carbocycles. The Kier molecular flexibility index (Phi) is 9.03. The fourth-order valence-corrected chi connectivity index (χ4v) is 3.37. The molecular formula is C27H23ClFN3O4. The lowest BCUT2D eigenvalue weighted by atomic mass is 10.1. The van der Waals surface area contributed by atoms with E-state index in [0.717, 1.165) is 5.56 Å². The molecule has 2 N–H and O–H groups in total. The Morgan fingerprint density at radius 1 is 1.03 bits per heavy atom. The molecular weight excluding hydrogens is 485 g/mol. The van der Waals surface area contributed by atoms with Crippen LogP contribution in [0.5, 0.6) is 11.5 Å². The molecule has 0 radical (unpaired) electrons. The number of amides is 2. The number of carbonyl (C=O) groups excluding carboxylic acids is 2. The fourth-order valence-electron chi connectivity index (χ4n) is 3.09. The minimum Gasteiger partial charge on any atom is -0.490 e.